The minimum Gasteiger partial charge on any atom is -0.493 e. The lowest BCUT2D eigenvalue weighted by atomic mass is 10.1. The molecular formula is C22H29NO4. The van der Waals surface area contributed by atoms with Crippen molar-refractivity contribution in [2.24, 2.45) is 0 Å². The Labute approximate surface area is 161 Å². The molecule has 5 nitrogen and oxygen atoms in total. The molecule has 0 unspecified atom stereocenters. The average molecular weight is 371 g/mol. The van der Waals surface area contributed by atoms with E-state index in [2.05, 4.69) is 5.32 Å². The second kappa shape index (κ2) is 9.31. The van der Waals surface area contributed by atoms with Crippen molar-refractivity contribution in [3.05, 3.63) is 53.1 Å². The summed E-state index contributed by atoms with van der Waals surface area (Å²) in [5, 5.41) is 2.90. The Morgan fingerprint density at radius 2 is 1.70 bits per heavy atom. The summed E-state index contributed by atoms with van der Waals surface area (Å²) in [6.07, 6.45) is -0.523. The van der Waals surface area contributed by atoms with Crippen LogP contribution in [0, 0.1) is 13.8 Å². The zero-order valence-electron chi connectivity index (χ0n) is 17.0. The van der Waals surface area contributed by atoms with Crippen LogP contribution in [-0.2, 0) is 11.3 Å². The highest BCUT2D eigenvalue weighted by molar-refractivity contribution is 5.80. The van der Waals surface area contributed by atoms with Crippen LogP contribution < -0.4 is 19.5 Å². The van der Waals surface area contributed by atoms with Gasteiger partial charge < -0.3 is 19.5 Å². The summed E-state index contributed by atoms with van der Waals surface area (Å²) in [6, 6.07) is 11.4. The maximum absolute atomic E-state index is 12.3. The van der Waals surface area contributed by atoms with Crippen LogP contribution in [-0.4, -0.2) is 25.2 Å². The summed E-state index contributed by atoms with van der Waals surface area (Å²) in [6.45, 7) is 10.1. The van der Waals surface area contributed by atoms with Crippen LogP contribution >= 0.6 is 0 Å². The quantitative estimate of drug-likeness (QED) is 0.756. The minimum absolute atomic E-state index is 0.0628. The smallest absolute Gasteiger partial charge is 0.261 e. The molecule has 0 heterocycles. The molecule has 1 atom stereocenters. The van der Waals surface area contributed by atoms with Crippen molar-refractivity contribution in [3.8, 4) is 17.2 Å². The predicted molar refractivity (Wildman–Crippen MR) is 107 cm³/mol. The Kier molecular flexibility index (Phi) is 7.11. The van der Waals surface area contributed by atoms with E-state index in [1.165, 1.54) is 5.56 Å². The lowest BCUT2D eigenvalue weighted by molar-refractivity contribution is -0.127. The number of carbonyl (C=O) groups excluding carboxylic acids is 1. The van der Waals surface area contributed by atoms with Gasteiger partial charge in [0.05, 0.1) is 13.2 Å². The van der Waals surface area contributed by atoms with E-state index in [0.717, 1.165) is 11.1 Å². The van der Waals surface area contributed by atoms with Gasteiger partial charge in [-0.3, -0.25) is 4.79 Å². The van der Waals surface area contributed by atoms with E-state index in [0.29, 0.717) is 23.8 Å². The number of aryl methyl sites for hydroxylation is 2. The first-order chi connectivity index (χ1) is 12.8. The average Bonchev–Trinajstić information content (AvgIpc) is 2.63. The van der Waals surface area contributed by atoms with Crippen LogP contribution in [0.5, 0.6) is 17.2 Å². The summed E-state index contributed by atoms with van der Waals surface area (Å²) < 4.78 is 16.8. The molecule has 1 amide bonds. The molecule has 27 heavy (non-hydrogen) atoms. The fraction of sp³-hybridized carbons (Fsp3) is 0.409. The molecule has 5 heteroatoms. The maximum atomic E-state index is 12.3. The van der Waals surface area contributed by atoms with Gasteiger partial charge in [0, 0.05) is 6.54 Å². The summed E-state index contributed by atoms with van der Waals surface area (Å²) in [5.41, 5.74) is 3.25. The number of rotatable bonds is 8. The number of nitrogens with one attached hydrogen (secondary N) is 1. The summed E-state index contributed by atoms with van der Waals surface area (Å²) in [4.78, 5) is 12.3. The minimum atomic E-state index is -0.586. The van der Waals surface area contributed by atoms with Gasteiger partial charge in [0.15, 0.2) is 17.6 Å². The SMILES string of the molecule is COc1cc(CNC(=O)[C@@H](C)Oc2ccc(C)c(C)c2)ccc1OC(C)C. The molecule has 2 rings (SSSR count). The highest BCUT2D eigenvalue weighted by atomic mass is 16.5. The fourth-order valence-corrected chi connectivity index (χ4v) is 2.55. The van der Waals surface area contributed by atoms with E-state index < -0.39 is 6.10 Å². The topological polar surface area (TPSA) is 56.8 Å². The van der Waals surface area contributed by atoms with Crippen LogP contribution in [0.25, 0.3) is 0 Å². The van der Waals surface area contributed by atoms with Gasteiger partial charge in [-0.15, -0.1) is 0 Å². The molecule has 0 bridgehead atoms. The molecule has 0 radical (unpaired) electrons. The number of carbonyl (C=O) groups is 1. The van der Waals surface area contributed by atoms with Gasteiger partial charge in [-0.25, -0.2) is 0 Å². The van der Waals surface area contributed by atoms with Gasteiger partial charge in [-0.2, -0.15) is 0 Å². The molecule has 0 aliphatic heterocycles. The third-order valence-electron chi connectivity index (χ3n) is 4.22. The summed E-state index contributed by atoms with van der Waals surface area (Å²) >= 11 is 0. The van der Waals surface area contributed by atoms with Gasteiger partial charge >= 0.3 is 0 Å². The molecule has 0 aliphatic carbocycles. The predicted octanol–water partition coefficient (Wildman–Crippen LogP) is 4.18. The number of amides is 1. The lowest BCUT2D eigenvalue weighted by Crippen LogP contribution is -2.35. The normalized spacial score (nSPS) is 11.8. The van der Waals surface area contributed by atoms with E-state index >= 15 is 0 Å². The van der Waals surface area contributed by atoms with Crippen molar-refractivity contribution < 1.29 is 19.0 Å². The van der Waals surface area contributed by atoms with E-state index in [1.54, 1.807) is 14.0 Å². The number of methoxy groups -OCH3 is 1. The van der Waals surface area contributed by atoms with E-state index in [1.807, 2.05) is 64.1 Å². The number of hydrogen-bond acceptors (Lipinski definition) is 4. The van der Waals surface area contributed by atoms with Crippen LogP contribution in [0.4, 0.5) is 0 Å². The Morgan fingerprint density at radius 1 is 0.963 bits per heavy atom. The molecular weight excluding hydrogens is 342 g/mol. The van der Waals surface area contributed by atoms with Gasteiger partial charge in [0.2, 0.25) is 0 Å². The van der Waals surface area contributed by atoms with Crippen LogP contribution in [0.1, 0.15) is 37.5 Å². The second-order valence-electron chi connectivity index (χ2n) is 6.88. The zero-order chi connectivity index (χ0) is 20.0. The monoisotopic (exact) mass is 371 g/mol. The molecule has 2 aromatic rings. The van der Waals surface area contributed by atoms with Crippen molar-refractivity contribution in [2.45, 2.75) is 53.4 Å². The van der Waals surface area contributed by atoms with Gasteiger partial charge in [0.1, 0.15) is 5.75 Å². The van der Waals surface area contributed by atoms with Crippen molar-refractivity contribution >= 4 is 5.91 Å². The third-order valence-corrected chi connectivity index (χ3v) is 4.22. The molecule has 146 valence electrons. The van der Waals surface area contributed by atoms with Gasteiger partial charge in [-0.05, 0) is 75.6 Å². The van der Waals surface area contributed by atoms with E-state index in [9.17, 15) is 4.79 Å². The number of benzene rings is 2. The van der Waals surface area contributed by atoms with E-state index in [-0.39, 0.29) is 12.0 Å². The van der Waals surface area contributed by atoms with Crippen LogP contribution in [0.15, 0.2) is 36.4 Å². The molecule has 0 saturated heterocycles. The highest BCUT2D eigenvalue weighted by Crippen LogP contribution is 2.29. The Bertz CT molecular complexity index is 786. The fourth-order valence-electron chi connectivity index (χ4n) is 2.55. The Morgan fingerprint density at radius 3 is 2.33 bits per heavy atom. The Hall–Kier alpha value is -2.69. The third kappa shape index (κ3) is 5.91. The highest BCUT2D eigenvalue weighted by Gasteiger charge is 2.15. The first kappa shape index (κ1) is 20.6. The van der Waals surface area contributed by atoms with Gasteiger partial charge in [0.25, 0.3) is 5.91 Å². The summed E-state index contributed by atoms with van der Waals surface area (Å²) in [5.74, 6) is 1.86. The molecule has 2 aromatic carbocycles. The number of ether oxygens (including phenoxy) is 3. The second-order valence-corrected chi connectivity index (χ2v) is 6.88. The maximum Gasteiger partial charge on any atom is 0.261 e. The van der Waals surface area contributed by atoms with Crippen LogP contribution in [0.2, 0.25) is 0 Å². The van der Waals surface area contributed by atoms with Crippen molar-refractivity contribution in [1.29, 1.82) is 0 Å². The van der Waals surface area contributed by atoms with Crippen LogP contribution in [0.3, 0.4) is 0 Å². The molecule has 0 fully saturated rings. The first-order valence-corrected chi connectivity index (χ1v) is 9.15. The van der Waals surface area contributed by atoms with Crippen molar-refractivity contribution in [3.63, 3.8) is 0 Å². The molecule has 0 saturated carbocycles. The van der Waals surface area contributed by atoms with Gasteiger partial charge in [-0.1, -0.05) is 12.1 Å². The zero-order valence-corrected chi connectivity index (χ0v) is 17.0. The van der Waals surface area contributed by atoms with E-state index in [4.69, 9.17) is 14.2 Å². The first-order valence-electron chi connectivity index (χ1n) is 9.15. The standard InChI is InChI=1S/C22H29NO4/c1-14(2)26-20-10-8-18(12-21(20)25-6)13-23-22(24)17(5)27-19-9-7-15(3)16(4)11-19/h7-12,14,17H,13H2,1-6H3,(H,23,24)/t17-/m1/s1. The molecule has 0 aromatic heterocycles. The Balaban J connectivity index is 1.94. The molecule has 0 spiro atoms. The molecule has 0 aliphatic rings. The molecule has 1 N–H and O–H groups in total. The summed E-state index contributed by atoms with van der Waals surface area (Å²) in [7, 11) is 1.60. The largest absolute Gasteiger partial charge is 0.493 e. The van der Waals surface area contributed by atoms with Crippen molar-refractivity contribution in [2.75, 3.05) is 7.11 Å². The van der Waals surface area contributed by atoms with Crippen molar-refractivity contribution in [1.82, 2.24) is 5.32 Å². The number of hydrogen-bond donors (Lipinski definition) is 1. The lowest BCUT2D eigenvalue weighted by Gasteiger charge is -2.17.